The van der Waals surface area contributed by atoms with Gasteiger partial charge in [-0.1, -0.05) is 63.2 Å². The molecule has 0 aliphatic heterocycles. The van der Waals surface area contributed by atoms with Crippen LogP contribution in [0, 0.1) is 5.41 Å². The predicted octanol–water partition coefficient (Wildman–Crippen LogP) is 6.93. The van der Waals surface area contributed by atoms with Crippen molar-refractivity contribution in [1.29, 1.82) is 0 Å². The van der Waals surface area contributed by atoms with Crippen LogP contribution in [0.15, 0.2) is 73.1 Å². The van der Waals surface area contributed by atoms with Crippen molar-refractivity contribution in [3.8, 4) is 0 Å². The molecule has 3 aromatic carbocycles. The van der Waals surface area contributed by atoms with E-state index in [0.29, 0.717) is 0 Å². The molecule has 3 nitrogen and oxygen atoms in total. The van der Waals surface area contributed by atoms with Crippen molar-refractivity contribution in [2.24, 2.45) is 5.41 Å². The van der Waals surface area contributed by atoms with Gasteiger partial charge >= 0.3 is 0 Å². The summed E-state index contributed by atoms with van der Waals surface area (Å²) in [6, 6.07) is 24.1. The molecule has 0 bridgehead atoms. The lowest BCUT2D eigenvalue weighted by atomic mass is 9.89. The Morgan fingerprint density at radius 1 is 0.733 bits per heavy atom. The predicted molar refractivity (Wildman–Crippen MR) is 126 cm³/mol. The second kappa shape index (κ2) is 6.02. The molecule has 0 atom stereocenters. The minimum atomic E-state index is 0.141. The number of fused-ring (bicyclic) bond motifs is 9. The van der Waals surface area contributed by atoms with Gasteiger partial charge in [0.05, 0.1) is 27.8 Å². The van der Waals surface area contributed by atoms with Crippen LogP contribution in [0.3, 0.4) is 0 Å². The third-order valence-electron chi connectivity index (χ3n) is 5.95. The number of rotatable bonds is 1. The minimum absolute atomic E-state index is 0.141. The topological polar surface area (TPSA) is 30.2 Å². The molecule has 3 aromatic heterocycles. The van der Waals surface area contributed by atoms with E-state index in [1.807, 2.05) is 0 Å². The fourth-order valence-electron chi connectivity index (χ4n) is 4.73. The Hall–Kier alpha value is -3.46. The van der Waals surface area contributed by atoms with Crippen LogP contribution in [0.5, 0.6) is 0 Å². The van der Waals surface area contributed by atoms with Gasteiger partial charge in [-0.2, -0.15) is 0 Å². The smallest absolute Gasteiger partial charge is 0.116 e. The molecular formula is C27H23N3. The fraction of sp³-hybridized carbons (Fsp3) is 0.185. The first-order valence-electron chi connectivity index (χ1n) is 10.5. The summed E-state index contributed by atoms with van der Waals surface area (Å²) in [5.74, 6) is 0. The fourth-order valence-corrected chi connectivity index (χ4v) is 4.73. The molecule has 0 radical (unpaired) electrons. The monoisotopic (exact) mass is 389 g/mol. The van der Waals surface area contributed by atoms with E-state index in [1.54, 1.807) is 6.33 Å². The Labute approximate surface area is 175 Å². The molecule has 0 aliphatic rings. The summed E-state index contributed by atoms with van der Waals surface area (Å²) in [5, 5.41) is 6.07. The third kappa shape index (κ3) is 2.51. The van der Waals surface area contributed by atoms with Crippen molar-refractivity contribution in [3.05, 3.63) is 78.8 Å². The van der Waals surface area contributed by atoms with Crippen molar-refractivity contribution < 1.29 is 0 Å². The van der Waals surface area contributed by atoms with Gasteiger partial charge in [0.25, 0.3) is 0 Å². The van der Waals surface area contributed by atoms with Crippen LogP contribution in [0.1, 0.15) is 26.5 Å². The molecule has 0 amide bonds. The van der Waals surface area contributed by atoms with E-state index in [9.17, 15) is 0 Å². The summed E-state index contributed by atoms with van der Waals surface area (Å²) in [6.07, 6.45) is 2.64. The van der Waals surface area contributed by atoms with Gasteiger partial charge in [0.1, 0.15) is 6.33 Å². The molecule has 0 saturated heterocycles. The largest absolute Gasteiger partial charge is 0.308 e. The SMILES string of the molecule is CC(C)(C)Cc1ncnc2c3cc4ccccc4cc3n3c4ccccc4cc3c12. The zero-order valence-electron chi connectivity index (χ0n) is 17.5. The van der Waals surface area contributed by atoms with E-state index >= 15 is 0 Å². The van der Waals surface area contributed by atoms with Gasteiger partial charge in [-0.25, -0.2) is 9.97 Å². The van der Waals surface area contributed by atoms with E-state index in [1.165, 1.54) is 43.5 Å². The van der Waals surface area contributed by atoms with E-state index in [-0.39, 0.29) is 5.41 Å². The van der Waals surface area contributed by atoms with Crippen LogP contribution in [0.4, 0.5) is 0 Å². The highest BCUT2D eigenvalue weighted by atomic mass is 14.9. The normalized spacial score (nSPS) is 12.6. The van der Waals surface area contributed by atoms with Crippen LogP contribution in [0.2, 0.25) is 0 Å². The van der Waals surface area contributed by atoms with Gasteiger partial charge < -0.3 is 4.40 Å². The number of benzene rings is 3. The molecule has 3 heterocycles. The van der Waals surface area contributed by atoms with Gasteiger partial charge in [0, 0.05) is 16.2 Å². The van der Waals surface area contributed by atoms with Crippen LogP contribution < -0.4 is 0 Å². The number of para-hydroxylation sites is 1. The van der Waals surface area contributed by atoms with Crippen LogP contribution >= 0.6 is 0 Å². The number of hydrogen-bond acceptors (Lipinski definition) is 2. The summed E-state index contributed by atoms with van der Waals surface area (Å²) in [5.41, 5.74) is 5.91. The van der Waals surface area contributed by atoms with Crippen LogP contribution in [-0.4, -0.2) is 14.4 Å². The van der Waals surface area contributed by atoms with E-state index in [0.717, 1.165) is 17.6 Å². The summed E-state index contributed by atoms with van der Waals surface area (Å²) in [7, 11) is 0. The zero-order chi connectivity index (χ0) is 20.5. The Kier molecular flexibility index (Phi) is 3.49. The highest BCUT2D eigenvalue weighted by Gasteiger charge is 2.20. The van der Waals surface area contributed by atoms with Crippen molar-refractivity contribution >= 4 is 49.0 Å². The average Bonchev–Trinajstić information content (AvgIpc) is 3.11. The van der Waals surface area contributed by atoms with Gasteiger partial charge in [-0.15, -0.1) is 0 Å². The van der Waals surface area contributed by atoms with Crippen LogP contribution in [-0.2, 0) is 6.42 Å². The first-order valence-corrected chi connectivity index (χ1v) is 10.5. The number of nitrogens with zero attached hydrogens (tertiary/aromatic N) is 3. The Balaban J connectivity index is 1.92. The Morgan fingerprint density at radius 3 is 2.17 bits per heavy atom. The Bertz CT molecular complexity index is 1600. The van der Waals surface area contributed by atoms with Gasteiger partial charge in [0.2, 0.25) is 0 Å². The molecule has 0 spiro atoms. The molecule has 0 N–H and O–H groups in total. The summed E-state index contributed by atoms with van der Waals surface area (Å²) in [4.78, 5) is 9.56. The summed E-state index contributed by atoms with van der Waals surface area (Å²) in [6.45, 7) is 6.80. The first-order chi connectivity index (χ1) is 14.5. The first kappa shape index (κ1) is 17.4. The average molecular weight is 390 g/mol. The van der Waals surface area contributed by atoms with Crippen molar-refractivity contribution in [3.63, 3.8) is 0 Å². The summed E-state index contributed by atoms with van der Waals surface area (Å²) >= 11 is 0. The molecule has 6 aromatic rings. The van der Waals surface area contributed by atoms with Gasteiger partial charge in [-0.05, 0) is 46.9 Å². The standard InChI is InChI=1S/C27H23N3/c1-27(2,3)15-21-25-24-14-19-10-6-7-11-22(19)30(24)23-13-18-9-5-4-8-17(18)12-20(23)26(25)29-16-28-21/h4-14,16H,15H2,1-3H3. The molecule has 6 rings (SSSR count). The molecule has 3 heteroatoms. The lowest BCUT2D eigenvalue weighted by Gasteiger charge is -2.19. The zero-order valence-corrected chi connectivity index (χ0v) is 17.5. The maximum Gasteiger partial charge on any atom is 0.116 e. The highest BCUT2D eigenvalue weighted by molar-refractivity contribution is 6.17. The molecule has 0 fully saturated rings. The number of hydrogen-bond donors (Lipinski definition) is 0. The lowest BCUT2D eigenvalue weighted by molar-refractivity contribution is 0.408. The quantitative estimate of drug-likeness (QED) is 0.225. The number of pyridine rings is 1. The molecule has 0 saturated carbocycles. The maximum absolute atomic E-state index is 4.80. The lowest BCUT2D eigenvalue weighted by Crippen LogP contribution is -2.11. The maximum atomic E-state index is 4.80. The van der Waals surface area contributed by atoms with Crippen molar-refractivity contribution in [2.75, 3.05) is 0 Å². The second-order valence-electron chi connectivity index (χ2n) is 9.42. The van der Waals surface area contributed by atoms with E-state index < -0.39 is 0 Å². The summed E-state index contributed by atoms with van der Waals surface area (Å²) < 4.78 is 2.40. The molecular weight excluding hydrogens is 366 g/mol. The molecule has 0 unspecified atom stereocenters. The molecule has 146 valence electrons. The van der Waals surface area contributed by atoms with E-state index in [2.05, 4.69) is 91.9 Å². The van der Waals surface area contributed by atoms with Crippen molar-refractivity contribution in [2.45, 2.75) is 27.2 Å². The van der Waals surface area contributed by atoms with Crippen molar-refractivity contribution in [1.82, 2.24) is 14.4 Å². The molecule has 30 heavy (non-hydrogen) atoms. The minimum Gasteiger partial charge on any atom is -0.308 e. The second-order valence-corrected chi connectivity index (χ2v) is 9.42. The van der Waals surface area contributed by atoms with Crippen LogP contribution in [0.25, 0.3) is 49.0 Å². The van der Waals surface area contributed by atoms with E-state index in [4.69, 9.17) is 9.97 Å². The highest BCUT2D eigenvalue weighted by Crippen LogP contribution is 2.37. The molecule has 0 aliphatic carbocycles. The Morgan fingerprint density at radius 2 is 1.40 bits per heavy atom. The third-order valence-corrected chi connectivity index (χ3v) is 5.95. The van der Waals surface area contributed by atoms with Gasteiger partial charge in [0.15, 0.2) is 0 Å². The van der Waals surface area contributed by atoms with Gasteiger partial charge in [-0.3, -0.25) is 0 Å². The number of aromatic nitrogens is 3.